The van der Waals surface area contributed by atoms with Crippen molar-refractivity contribution in [2.24, 2.45) is 0 Å². The first kappa shape index (κ1) is 12.8. The molecule has 0 aliphatic rings. The van der Waals surface area contributed by atoms with Crippen LogP contribution < -0.4 is 14.8 Å². The van der Waals surface area contributed by atoms with E-state index < -0.39 is 0 Å². The second-order valence-electron chi connectivity index (χ2n) is 3.76. The Morgan fingerprint density at radius 2 is 1.62 bits per heavy atom. The second kappa shape index (κ2) is 6.38. The quantitative estimate of drug-likeness (QED) is 0.803. The highest BCUT2D eigenvalue weighted by Gasteiger charge is 2.09. The Kier molecular flexibility index (Phi) is 5.12. The van der Waals surface area contributed by atoms with Crippen molar-refractivity contribution in [1.29, 1.82) is 0 Å². The third kappa shape index (κ3) is 2.89. The fourth-order valence-electron chi connectivity index (χ4n) is 1.82. The molecule has 0 aromatic heterocycles. The summed E-state index contributed by atoms with van der Waals surface area (Å²) < 4.78 is 10.8. The first-order valence-electron chi connectivity index (χ1n) is 5.65. The molecule has 0 radical (unpaired) electrons. The Hall–Kier alpha value is -1.22. The summed E-state index contributed by atoms with van der Waals surface area (Å²) in [5, 5.41) is 3.13. The van der Waals surface area contributed by atoms with Gasteiger partial charge in [-0.15, -0.1) is 0 Å². The van der Waals surface area contributed by atoms with Crippen LogP contribution in [-0.2, 0) is 13.0 Å². The molecule has 1 N–H and O–H groups in total. The molecule has 90 valence electrons. The molecule has 0 atom stereocenters. The zero-order valence-corrected chi connectivity index (χ0v) is 10.6. The summed E-state index contributed by atoms with van der Waals surface area (Å²) in [5.74, 6) is 1.88. The van der Waals surface area contributed by atoms with Crippen LogP contribution in [0.1, 0.15) is 24.5 Å². The van der Waals surface area contributed by atoms with Gasteiger partial charge in [0.2, 0.25) is 0 Å². The Balaban J connectivity index is 3.11. The third-order valence-electron chi connectivity index (χ3n) is 2.57. The van der Waals surface area contributed by atoms with E-state index in [1.165, 1.54) is 5.56 Å². The number of methoxy groups -OCH3 is 2. The predicted octanol–water partition coefficient (Wildman–Crippen LogP) is 2.38. The fourth-order valence-corrected chi connectivity index (χ4v) is 1.82. The van der Waals surface area contributed by atoms with Gasteiger partial charge in [-0.1, -0.05) is 13.3 Å². The summed E-state index contributed by atoms with van der Waals surface area (Å²) in [6, 6.07) is 4.13. The number of ether oxygens (including phenoxy) is 2. The lowest BCUT2D eigenvalue weighted by atomic mass is 10.0. The molecule has 0 heterocycles. The summed E-state index contributed by atoms with van der Waals surface area (Å²) in [5.41, 5.74) is 2.34. The zero-order valence-electron chi connectivity index (χ0n) is 10.6. The minimum atomic E-state index is 0.784. The molecule has 0 bridgehead atoms. The molecule has 0 saturated heterocycles. The number of benzene rings is 1. The number of aryl methyl sites for hydroxylation is 1. The summed E-state index contributed by atoms with van der Waals surface area (Å²) in [4.78, 5) is 0. The average Bonchev–Trinajstić information content (AvgIpc) is 2.31. The molecule has 3 heteroatoms. The van der Waals surface area contributed by atoms with Crippen molar-refractivity contribution in [2.45, 2.75) is 26.3 Å². The van der Waals surface area contributed by atoms with Gasteiger partial charge in [-0.25, -0.2) is 0 Å². The largest absolute Gasteiger partial charge is 0.496 e. The minimum Gasteiger partial charge on any atom is -0.496 e. The van der Waals surface area contributed by atoms with Crippen LogP contribution in [-0.4, -0.2) is 21.3 Å². The van der Waals surface area contributed by atoms with Crippen LogP contribution in [0.25, 0.3) is 0 Å². The Bertz CT molecular complexity index is 303. The second-order valence-corrected chi connectivity index (χ2v) is 3.76. The molecule has 0 unspecified atom stereocenters. The molecule has 1 rings (SSSR count). The fraction of sp³-hybridized carbons (Fsp3) is 0.538. The van der Waals surface area contributed by atoms with Crippen molar-refractivity contribution in [3.8, 4) is 11.5 Å². The molecule has 0 aliphatic heterocycles. The monoisotopic (exact) mass is 223 g/mol. The van der Waals surface area contributed by atoms with E-state index >= 15 is 0 Å². The van der Waals surface area contributed by atoms with Crippen LogP contribution in [0.2, 0.25) is 0 Å². The summed E-state index contributed by atoms with van der Waals surface area (Å²) in [6.45, 7) is 2.94. The number of hydrogen-bond donors (Lipinski definition) is 1. The Morgan fingerprint density at radius 1 is 1.06 bits per heavy atom. The molecule has 16 heavy (non-hydrogen) atoms. The highest BCUT2D eigenvalue weighted by molar-refractivity contribution is 5.46. The molecule has 0 amide bonds. The third-order valence-corrected chi connectivity index (χ3v) is 2.57. The Morgan fingerprint density at radius 3 is 2.12 bits per heavy atom. The maximum atomic E-state index is 5.40. The van der Waals surface area contributed by atoms with E-state index in [1.54, 1.807) is 14.2 Å². The lowest BCUT2D eigenvalue weighted by Crippen LogP contribution is -2.07. The molecule has 0 saturated carbocycles. The predicted molar refractivity (Wildman–Crippen MR) is 66.3 cm³/mol. The van der Waals surface area contributed by atoms with Gasteiger partial charge in [0.1, 0.15) is 11.5 Å². The van der Waals surface area contributed by atoms with E-state index in [1.807, 2.05) is 7.05 Å². The van der Waals surface area contributed by atoms with Crippen molar-refractivity contribution < 1.29 is 9.47 Å². The molecule has 1 aromatic rings. The van der Waals surface area contributed by atoms with Crippen LogP contribution in [0.5, 0.6) is 11.5 Å². The van der Waals surface area contributed by atoms with Crippen LogP contribution in [0.15, 0.2) is 12.1 Å². The molecule has 3 nitrogen and oxygen atoms in total. The molecule has 0 aliphatic carbocycles. The van der Waals surface area contributed by atoms with Gasteiger partial charge in [-0.2, -0.15) is 0 Å². The van der Waals surface area contributed by atoms with Crippen molar-refractivity contribution >= 4 is 0 Å². The molecular formula is C13H21NO2. The number of hydrogen-bond acceptors (Lipinski definition) is 3. The normalized spacial score (nSPS) is 10.2. The SMILES string of the molecule is CCCc1cc(OC)c(CNC)cc1OC. The van der Waals surface area contributed by atoms with Crippen molar-refractivity contribution in [3.63, 3.8) is 0 Å². The highest BCUT2D eigenvalue weighted by Crippen LogP contribution is 2.29. The van der Waals surface area contributed by atoms with Crippen molar-refractivity contribution in [2.75, 3.05) is 21.3 Å². The first-order valence-corrected chi connectivity index (χ1v) is 5.65. The van der Waals surface area contributed by atoms with Crippen molar-refractivity contribution in [3.05, 3.63) is 23.3 Å². The maximum absolute atomic E-state index is 5.40. The van der Waals surface area contributed by atoms with E-state index in [0.29, 0.717) is 0 Å². The van der Waals surface area contributed by atoms with Crippen LogP contribution in [0.3, 0.4) is 0 Å². The standard InChI is InChI=1S/C13H21NO2/c1-5-6-10-7-13(16-4)11(9-14-2)8-12(10)15-3/h7-8,14H,5-6,9H2,1-4H3. The lowest BCUT2D eigenvalue weighted by molar-refractivity contribution is 0.393. The van der Waals surface area contributed by atoms with Gasteiger partial charge in [0, 0.05) is 12.1 Å². The van der Waals surface area contributed by atoms with Gasteiger partial charge in [-0.05, 0) is 31.2 Å². The summed E-state index contributed by atoms with van der Waals surface area (Å²) >= 11 is 0. The van der Waals surface area contributed by atoms with Crippen LogP contribution >= 0.6 is 0 Å². The maximum Gasteiger partial charge on any atom is 0.123 e. The smallest absolute Gasteiger partial charge is 0.123 e. The van der Waals surface area contributed by atoms with E-state index in [4.69, 9.17) is 9.47 Å². The van der Waals surface area contributed by atoms with E-state index in [2.05, 4.69) is 24.4 Å². The van der Waals surface area contributed by atoms with E-state index in [9.17, 15) is 0 Å². The first-order chi connectivity index (χ1) is 7.76. The van der Waals surface area contributed by atoms with Gasteiger partial charge in [0.25, 0.3) is 0 Å². The van der Waals surface area contributed by atoms with Gasteiger partial charge in [-0.3, -0.25) is 0 Å². The zero-order chi connectivity index (χ0) is 12.0. The summed E-state index contributed by atoms with van der Waals surface area (Å²) in [6.07, 6.45) is 2.12. The van der Waals surface area contributed by atoms with Crippen LogP contribution in [0, 0.1) is 0 Å². The average molecular weight is 223 g/mol. The lowest BCUT2D eigenvalue weighted by Gasteiger charge is -2.14. The van der Waals surface area contributed by atoms with E-state index in [-0.39, 0.29) is 0 Å². The molecule has 0 spiro atoms. The molecule has 0 fully saturated rings. The molecule has 1 aromatic carbocycles. The highest BCUT2D eigenvalue weighted by atomic mass is 16.5. The van der Waals surface area contributed by atoms with Gasteiger partial charge < -0.3 is 14.8 Å². The number of nitrogens with one attached hydrogen (secondary N) is 1. The number of rotatable bonds is 6. The summed E-state index contributed by atoms with van der Waals surface area (Å²) in [7, 11) is 5.34. The topological polar surface area (TPSA) is 30.5 Å². The van der Waals surface area contributed by atoms with Gasteiger partial charge >= 0.3 is 0 Å². The van der Waals surface area contributed by atoms with Gasteiger partial charge in [0.05, 0.1) is 14.2 Å². The molecular weight excluding hydrogens is 202 g/mol. The van der Waals surface area contributed by atoms with Crippen LogP contribution in [0.4, 0.5) is 0 Å². The van der Waals surface area contributed by atoms with E-state index in [0.717, 1.165) is 36.4 Å². The van der Waals surface area contributed by atoms with Gasteiger partial charge in [0.15, 0.2) is 0 Å². The Labute approximate surface area is 97.8 Å². The van der Waals surface area contributed by atoms with Crippen molar-refractivity contribution in [1.82, 2.24) is 5.32 Å². The minimum absolute atomic E-state index is 0.784.